The van der Waals surface area contributed by atoms with Gasteiger partial charge in [-0.05, 0) is 49.2 Å². The van der Waals surface area contributed by atoms with Crippen LogP contribution in [0.4, 0.5) is 5.69 Å². The van der Waals surface area contributed by atoms with Gasteiger partial charge in [-0.2, -0.15) is 4.31 Å². The molecule has 0 radical (unpaired) electrons. The summed E-state index contributed by atoms with van der Waals surface area (Å²) in [4.78, 5) is 17.2. The highest BCUT2D eigenvalue weighted by atomic mass is 35.5. The Kier molecular flexibility index (Phi) is 6.32. The van der Waals surface area contributed by atoms with Crippen molar-refractivity contribution in [1.82, 2.24) is 9.21 Å². The van der Waals surface area contributed by atoms with Crippen LogP contribution in [-0.4, -0.2) is 62.8 Å². The minimum atomic E-state index is -3.56. The summed E-state index contributed by atoms with van der Waals surface area (Å²) in [6, 6.07) is 14.2. The van der Waals surface area contributed by atoms with Gasteiger partial charge >= 0.3 is 0 Å². The van der Waals surface area contributed by atoms with Crippen molar-refractivity contribution in [2.75, 3.05) is 44.2 Å². The molecular weight excluding hydrogens is 422 g/mol. The van der Waals surface area contributed by atoms with Gasteiger partial charge in [0.2, 0.25) is 10.0 Å². The van der Waals surface area contributed by atoms with Crippen LogP contribution in [0.1, 0.15) is 29.6 Å². The number of nitrogens with zero attached hydrogens (tertiary/aromatic N) is 3. The van der Waals surface area contributed by atoms with Gasteiger partial charge in [0.15, 0.2) is 0 Å². The number of halogens is 1. The molecule has 0 bridgehead atoms. The molecule has 0 N–H and O–H groups in total. The molecule has 30 heavy (non-hydrogen) atoms. The van der Waals surface area contributed by atoms with Crippen molar-refractivity contribution in [3.05, 3.63) is 59.1 Å². The Bertz CT molecular complexity index is 1010. The number of sulfonamides is 1. The number of carbonyl (C=O) groups excluding carboxylic acids is 1. The molecule has 0 unspecified atom stereocenters. The predicted molar refractivity (Wildman–Crippen MR) is 119 cm³/mol. The number of anilines is 1. The number of piperidine rings is 1. The quantitative estimate of drug-likeness (QED) is 0.720. The standard InChI is InChI=1S/C22H26ClN3O3S/c23-19-7-5-8-20(17-19)24-12-14-25(15-13-24)22(27)18-6-4-9-21(16-18)30(28,29)26-10-2-1-3-11-26/h4-9,16-17H,1-3,10-15H2. The molecule has 0 spiro atoms. The second kappa shape index (κ2) is 8.96. The van der Waals surface area contributed by atoms with Crippen LogP contribution < -0.4 is 4.90 Å². The number of amides is 1. The summed E-state index contributed by atoms with van der Waals surface area (Å²) in [6.45, 7) is 3.66. The Morgan fingerprint density at radius 1 is 0.833 bits per heavy atom. The normalized spacial score (nSPS) is 18.4. The van der Waals surface area contributed by atoms with E-state index in [1.165, 1.54) is 10.4 Å². The van der Waals surface area contributed by atoms with Gasteiger partial charge in [0.05, 0.1) is 4.90 Å². The fourth-order valence-corrected chi connectivity index (χ4v) is 5.82. The van der Waals surface area contributed by atoms with E-state index in [1.807, 2.05) is 24.3 Å². The summed E-state index contributed by atoms with van der Waals surface area (Å²) >= 11 is 6.09. The zero-order chi connectivity index (χ0) is 21.1. The molecule has 0 saturated carbocycles. The fourth-order valence-electron chi connectivity index (χ4n) is 4.07. The minimum Gasteiger partial charge on any atom is -0.368 e. The van der Waals surface area contributed by atoms with Crippen molar-refractivity contribution in [2.24, 2.45) is 0 Å². The molecule has 8 heteroatoms. The first-order valence-corrected chi connectivity index (χ1v) is 12.2. The number of hydrogen-bond acceptors (Lipinski definition) is 4. The lowest BCUT2D eigenvalue weighted by molar-refractivity contribution is 0.0746. The van der Waals surface area contributed by atoms with Crippen LogP contribution in [0.5, 0.6) is 0 Å². The molecule has 2 aliphatic rings. The van der Waals surface area contributed by atoms with E-state index in [1.54, 1.807) is 23.1 Å². The molecule has 2 saturated heterocycles. The lowest BCUT2D eigenvalue weighted by Crippen LogP contribution is -2.48. The number of hydrogen-bond donors (Lipinski definition) is 0. The van der Waals surface area contributed by atoms with E-state index >= 15 is 0 Å². The average Bonchev–Trinajstić information content (AvgIpc) is 2.79. The Morgan fingerprint density at radius 3 is 2.23 bits per heavy atom. The third-order valence-electron chi connectivity index (χ3n) is 5.77. The lowest BCUT2D eigenvalue weighted by Gasteiger charge is -2.36. The highest BCUT2D eigenvalue weighted by molar-refractivity contribution is 7.89. The lowest BCUT2D eigenvalue weighted by atomic mass is 10.1. The zero-order valence-corrected chi connectivity index (χ0v) is 18.4. The number of piperazine rings is 1. The molecule has 0 aliphatic carbocycles. The summed E-state index contributed by atoms with van der Waals surface area (Å²) in [5.74, 6) is -0.128. The molecule has 160 valence electrons. The van der Waals surface area contributed by atoms with Crippen LogP contribution >= 0.6 is 11.6 Å². The largest absolute Gasteiger partial charge is 0.368 e. The van der Waals surface area contributed by atoms with E-state index < -0.39 is 10.0 Å². The van der Waals surface area contributed by atoms with Gasteiger partial charge in [0.1, 0.15) is 0 Å². The summed E-state index contributed by atoms with van der Waals surface area (Å²) in [5, 5.41) is 0.692. The molecule has 2 aromatic rings. The fraction of sp³-hybridized carbons (Fsp3) is 0.409. The molecule has 2 aromatic carbocycles. The van der Waals surface area contributed by atoms with Crippen LogP contribution in [0, 0.1) is 0 Å². The molecule has 4 rings (SSSR count). The van der Waals surface area contributed by atoms with Crippen LogP contribution in [0.15, 0.2) is 53.4 Å². The van der Waals surface area contributed by atoms with E-state index in [0.717, 1.165) is 24.9 Å². The highest BCUT2D eigenvalue weighted by Gasteiger charge is 2.28. The second-order valence-electron chi connectivity index (χ2n) is 7.75. The van der Waals surface area contributed by atoms with Crippen LogP contribution in [0.25, 0.3) is 0 Å². The van der Waals surface area contributed by atoms with E-state index in [-0.39, 0.29) is 10.8 Å². The van der Waals surface area contributed by atoms with Gasteiger partial charge in [0.25, 0.3) is 5.91 Å². The van der Waals surface area contributed by atoms with E-state index in [4.69, 9.17) is 11.6 Å². The molecule has 2 fully saturated rings. The van der Waals surface area contributed by atoms with Crippen LogP contribution in [0.3, 0.4) is 0 Å². The first-order valence-electron chi connectivity index (χ1n) is 10.4. The Morgan fingerprint density at radius 2 is 1.53 bits per heavy atom. The molecule has 0 atom stereocenters. The third-order valence-corrected chi connectivity index (χ3v) is 7.90. The summed E-state index contributed by atoms with van der Waals surface area (Å²) < 4.78 is 27.4. The van der Waals surface area contributed by atoms with Crippen molar-refractivity contribution in [1.29, 1.82) is 0 Å². The van der Waals surface area contributed by atoms with E-state index in [9.17, 15) is 13.2 Å². The number of benzene rings is 2. The van der Waals surface area contributed by atoms with Gasteiger partial charge in [-0.25, -0.2) is 8.42 Å². The molecule has 0 aromatic heterocycles. The Labute approximate surface area is 183 Å². The van der Waals surface area contributed by atoms with Gasteiger partial charge in [-0.3, -0.25) is 4.79 Å². The monoisotopic (exact) mass is 447 g/mol. The van der Waals surface area contributed by atoms with Gasteiger partial charge in [-0.15, -0.1) is 0 Å². The molecule has 2 aliphatic heterocycles. The minimum absolute atomic E-state index is 0.128. The molecule has 2 heterocycles. The zero-order valence-electron chi connectivity index (χ0n) is 16.8. The van der Waals surface area contributed by atoms with E-state index in [2.05, 4.69) is 4.90 Å². The maximum absolute atomic E-state index is 13.0. The average molecular weight is 448 g/mol. The summed E-state index contributed by atoms with van der Waals surface area (Å²) in [7, 11) is -3.56. The first kappa shape index (κ1) is 21.2. The van der Waals surface area contributed by atoms with Crippen LogP contribution in [0.2, 0.25) is 5.02 Å². The smallest absolute Gasteiger partial charge is 0.254 e. The molecule has 6 nitrogen and oxygen atoms in total. The SMILES string of the molecule is O=C(c1cccc(S(=O)(=O)N2CCCCC2)c1)N1CCN(c2cccc(Cl)c2)CC1. The predicted octanol–water partition coefficient (Wildman–Crippen LogP) is 3.48. The topological polar surface area (TPSA) is 60.9 Å². The third kappa shape index (κ3) is 4.48. The summed E-state index contributed by atoms with van der Waals surface area (Å²) in [6.07, 6.45) is 2.83. The van der Waals surface area contributed by atoms with Crippen molar-refractivity contribution >= 4 is 33.2 Å². The Balaban J connectivity index is 1.45. The maximum atomic E-state index is 13.0. The van der Waals surface area contributed by atoms with Crippen molar-refractivity contribution in [3.8, 4) is 0 Å². The Hall–Kier alpha value is -2.09. The maximum Gasteiger partial charge on any atom is 0.254 e. The van der Waals surface area contributed by atoms with Gasteiger partial charge in [-0.1, -0.05) is 30.2 Å². The molecular formula is C22H26ClN3O3S. The van der Waals surface area contributed by atoms with Gasteiger partial charge < -0.3 is 9.80 Å². The van der Waals surface area contributed by atoms with Crippen molar-refractivity contribution in [2.45, 2.75) is 24.2 Å². The van der Waals surface area contributed by atoms with Crippen molar-refractivity contribution < 1.29 is 13.2 Å². The van der Waals surface area contributed by atoms with Gasteiger partial charge in [0, 0.05) is 55.5 Å². The second-order valence-corrected chi connectivity index (χ2v) is 10.1. The highest BCUT2D eigenvalue weighted by Crippen LogP contribution is 2.23. The first-order chi connectivity index (χ1) is 14.4. The van der Waals surface area contributed by atoms with Crippen LogP contribution in [-0.2, 0) is 10.0 Å². The molecule has 1 amide bonds. The summed E-state index contributed by atoms with van der Waals surface area (Å²) in [5.41, 5.74) is 1.47. The number of carbonyl (C=O) groups is 1. The number of rotatable bonds is 4. The van der Waals surface area contributed by atoms with Crippen molar-refractivity contribution in [3.63, 3.8) is 0 Å². The van der Waals surface area contributed by atoms with E-state index in [0.29, 0.717) is 49.9 Å².